The molecular weight excluding hydrogens is 218 g/mol. The number of aliphatic carboxylic acids is 1. The van der Waals surface area contributed by atoms with Gasteiger partial charge in [-0.05, 0) is 18.6 Å². The quantitative estimate of drug-likeness (QED) is 0.862. The molecule has 1 aromatic heterocycles. The Labute approximate surface area is 99.4 Å². The molecule has 17 heavy (non-hydrogen) atoms. The first-order valence-electron chi connectivity index (χ1n) is 5.57. The van der Waals surface area contributed by atoms with Crippen LogP contribution in [0.2, 0.25) is 0 Å². The second-order valence-electron chi connectivity index (χ2n) is 4.04. The van der Waals surface area contributed by atoms with Gasteiger partial charge in [0.2, 0.25) is 0 Å². The number of anilines is 1. The molecule has 2 aromatic rings. The van der Waals surface area contributed by atoms with Crippen molar-refractivity contribution in [3.8, 4) is 0 Å². The van der Waals surface area contributed by atoms with Crippen molar-refractivity contribution >= 4 is 22.6 Å². The van der Waals surface area contributed by atoms with Crippen molar-refractivity contribution in [2.24, 2.45) is 0 Å². The number of carboxylic acid groups (broad SMARTS) is 1. The summed E-state index contributed by atoms with van der Waals surface area (Å²) >= 11 is 0. The summed E-state index contributed by atoms with van der Waals surface area (Å²) in [7, 11) is 1.94. The molecule has 1 N–H and O–H groups in total. The molecule has 0 fully saturated rings. The number of benzene rings is 1. The maximum atomic E-state index is 10.4. The van der Waals surface area contributed by atoms with E-state index in [9.17, 15) is 4.79 Å². The highest BCUT2D eigenvalue weighted by atomic mass is 16.4. The van der Waals surface area contributed by atoms with Gasteiger partial charge in [0.15, 0.2) is 0 Å². The molecule has 1 aromatic carbocycles. The Morgan fingerprint density at radius 2 is 2.18 bits per heavy atom. The van der Waals surface area contributed by atoms with Crippen molar-refractivity contribution in [3.63, 3.8) is 0 Å². The van der Waals surface area contributed by atoms with Gasteiger partial charge in [0.05, 0.1) is 5.69 Å². The highest BCUT2D eigenvalue weighted by molar-refractivity contribution is 5.90. The maximum absolute atomic E-state index is 10.4. The molecule has 0 aliphatic carbocycles. The van der Waals surface area contributed by atoms with E-state index >= 15 is 0 Å². The first-order chi connectivity index (χ1) is 8.18. The number of rotatable bonds is 5. The zero-order valence-corrected chi connectivity index (χ0v) is 9.72. The third kappa shape index (κ3) is 2.58. The summed E-state index contributed by atoms with van der Waals surface area (Å²) < 4.78 is 5.44. The molecule has 4 heteroatoms. The molecule has 90 valence electrons. The van der Waals surface area contributed by atoms with Gasteiger partial charge in [-0.25, -0.2) is 0 Å². The molecule has 0 atom stereocenters. The van der Waals surface area contributed by atoms with E-state index in [0.717, 1.165) is 16.7 Å². The molecule has 0 unspecified atom stereocenters. The summed E-state index contributed by atoms with van der Waals surface area (Å²) in [6, 6.07) is 7.82. The predicted octanol–water partition coefficient (Wildman–Crippen LogP) is 2.73. The van der Waals surface area contributed by atoms with E-state index in [4.69, 9.17) is 9.52 Å². The third-order valence-corrected chi connectivity index (χ3v) is 2.76. The Hall–Kier alpha value is -1.97. The Morgan fingerprint density at radius 3 is 2.94 bits per heavy atom. The Bertz CT molecular complexity index is 518. The number of fused-ring (bicyclic) bond motifs is 1. The van der Waals surface area contributed by atoms with Gasteiger partial charge in [0, 0.05) is 25.4 Å². The van der Waals surface area contributed by atoms with Gasteiger partial charge in [-0.1, -0.05) is 12.1 Å². The molecule has 0 aliphatic rings. The van der Waals surface area contributed by atoms with Crippen LogP contribution in [0.1, 0.15) is 12.8 Å². The van der Waals surface area contributed by atoms with E-state index in [2.05, 4.69) is 0 Å². The van der Waals surface area contributed by atoms with Crippen molar-refractivity contribution in [1.29, 1.82) is 0 Å². The van der Waals surface area contributed by atoms with Crippen LogP contribution in [0, 0.1) is 0 Å². The topological polar surface area (TPSA) is 53.7 Å². The average molecular weight is 233 g/mol. The molecule has 4 nitrogen and oxygen atoms in total. The summed E-state index contributed by atoms with van der Waals surface area (Å²) in [5.74, 6) is -0.754. The third-order valence-electron chi connectivity index (χ3n) is 2.76. The van der Waals surface area contributed by atoms with E-state index in [1.807, 2.05) is 36.2 Å². The predicted molar refractivity (Wildman–Crippen MR) is 66.4 cm³/mol. The number of nitrogens with zero attached hydrogens (tertiary/aromatic N) is 1. The lowest BCUT2D eigenvalue weighted by atomic mass is 10.2. The number of furan rings is 1. The Kier molecular flexibility index (Phi) is 3.32. The van der Waals surface area contributed by atoms with Crippen LogP contribution in [-0.4, -0.2) is 24.7 Å². The fraction of sp³-hybridized carbons (Fsp3) is 0.308. The van der Waals surface area contributed by atoms with Gasteiger partial charge >= 0.3 is 5.97 Å². The van der Waals surface area contributed by atoms with Crippen molar-refractivity contribution < 1.29 is 14.3 Å². The minimum atomic E-state index is -0.754. The van der Waals surface area contributed by atoms with Crippen LogP contribution in [0.25, 0.3) is 11.0 Å². The van der Waals surface area contributed by atoms with E-state index in [0.29, 0.717) is 13.0 Å². The molecule has 1 heterocycles. The molecule has 0 amide bonds. The number of para-hydroxylation sites is 1. The van der Waals surface area contributed by atoms with Gasteiger partial charge < -0.3 is 14.4 Å². The van der Waals surface area contributed by atoms with Crippen LogP contribution >= 0.6 is 0 Å². The lowest BCUT2D eigenvalue weighted by Crippen LogP contribution is -2.18. The van der Waals surface area contributed by atoms with Crippen molar-refractivity contribution in [2.45, 2.75) is 12.8 Å². The minimum Gasteiger partial charge on any atom is -0.481 e. The molecular formula is C13H15NO3. The standard InChI is InChI=1S/C13H15NO3/c1-14(8-4-7-13(15)16)11-9-17-12-6-3-2-5-10(11)12/h2-3,5-6,9H,4,7-8H2,1H3,(H,15,16). The van der Waals surface area contributed by atoms with Crippen molar-refractivity contribution in [2.75, 3.05) is 18.5 Å². The SMILES string of the molecule is CN(CCCC(=O)O)c1coc2ccccc12. The number of hydrogen-bond donors (Lipinski definition) is 1. The highest BCUT2D eigenvalue weighted by Crippen LogP contribution is 2.28. The van der Waals surface area contributed by atoms with Crippen LogP contribution < -0.4 is 4.90 Å². The summed E-state index contributed by atoms with van der Waals surface area (Å²) in [5.41, 5.74) is 1.86. The fourth-order valence-corrected chi connectivity index (χ4v) is 1.85. The molecule has 0 saturated heterocycles. The summed E-state index contributed by atoms with van der Waals surface area (Å²) in [6.07, 6.45) is 2.54. The van der Waals surface area contributed by atoms with E-state index in [1.165, 1.54) is 0 Å². The molecule has 0 radical (unpaired) electrons. The number of carboxylic acids is 1. The average Bonchev–Trinajstić information content (AvgIpc) is 2.72. The van der Waals surface area contributed by atoms with E-state index in [-0.39, 0.29) is 6.42 Å². The first-order valence-corrected chi connectivity index (χ1v) is 5.57. The van der Waals surface area contributed by atoms with Crippen molar-refractivity contribution in [3.05, 3.63) is 30.5 Å². The van der Waals surface area contributed by atoms with E-state index < -0.39 is 5.97 Å². The maximum Gasteiger partial charge on any atom is 0.303 e. The zero-order chi connectivity index (χ0) is 12.3. The Balaban J connectivity index is 2.08. The highest BCUT2D eigenvalue weighted by Gasteiger charge is 2.09. The first kappa shape index (κ1) is 11.5. The smallest absolute Gasteiger partial charge is 0.303 e. The summed E-state index contributed by atoms with van der Waals surface area (Å²) in [6.45, 7) is 0.704. The monoisotopic (exact) mass is 233 g/mol. The lowest BCUT2D eigenvalue weighted by Gasteiger charge is -2.16. The second-order valence-corrected chi connectivity index (χ2v) is 4.04. The number of hydrogen-bond acceptors (Lipinski definition) is 3. The van der Waals surface area contributed by atoms with Crippen molar-refractivity contribution in [1.82, 2.24) is 0 Å². The summed E-state index contributed by atoms with van der Waals surface area (Å²) in [4.78, 5) is 12.5. The zero-order valence-electron chi connectivity index (χ0n) is 9.72. The molecule has 0 saturated carbocycles. The van der Waals surface area contributed by atoms with Gasteiger partial charge in [-0.15, -0.1) is 0 Å². The molecule has 0 aliphatic heterocycles. The lowest BCUT2D eigenvalue weighted by molar-refractivity contribution is -0.137. The van der Waals surface area contributed by atoms with Gasteiger partial charge in [0.25, 0.3) is 0 Å². The summed E-state index contributed by atoms with van der Waals surface area (Å²) in [5, 5.41) is 9.65. The van der Waals surface area contributed by atoms with Crippen LogP contribution in [0.5, 0.6) is 0 Å². The molecule has 0 spiro atoms. The van der Waals surface area contributed by atoms with Crippen LogP contribution in [-0.2, 0) is 4.79 Å². The van der Waals surface area contributed by atoms with Gasteiger partial charge in [-0.3, -0.25) is 4.79 Å². The number of carbonyl (C=O) groups is 1. The van der Waals surface area contributed by atoms with Gasteiger partial charge in [0.1, 0.15) is 11.8 Å². The van der Waals surface area contributed by atoms with Crippen LogP contribution in [0.3, 0.4) is 0 Å². The van der Waals surface area contributed by atoms with Crippen LogP contribution in [0.4, 0.5) is 5.69 Å². The molecule has 2 rings (SSSR count). The van der Waals surface area contributed by atoms with E-state index in [1.54, 1.807) is 6.26 Å². The van der Waals surface area contributed by atoms with Gasteiger partial charge in [-0.2, -0.15) is 0 Å². The Morgan fingerprint density at radius 1 is 1.41 bits per heavy atom. The van der Waals surface area contributed by atoms with Crippen LogP contribution in [0.15, 0.2) is 34.9 Å². The second kappa shape index (κ2) is 4.91. The minimum absolute atomic E-state index is 0.195. The fourth-order valence-electron chi connectivity index (χ4n) is 1.85. The largest absolute Gasteiger partial charge is 0.481 e. The normalized spacial score (nSPS) is 10.6. The molecule has 0 bridgehead atoms.